The van der Waals surface area contributed by atoms with E-state index in [-0.39, 0.29) is 12.1 Å². The third kappa shape index (κ3) is 4.97. The Morgan fingerprint density at radius 3 is 2.73 bits per heavy atom. The average molecular weight is 319 g/mol. The SMILES string of the molecule is Cc1ccccc1OC[C@H](C)NC(=O)Nc1cccc(Cl)c1. The van der Waals surface area contributed by atoms with Gasteiger partial charge in [-0.3, -0.25) is 0 Å². The molecule has 22 heavy (non-hydrogen) atoms. The molecule has 5 heteroatoms. The summed E-state index contributed by atoms with van der Waals surface area (Å²) < 4.78 is 5.71. The van der Waals surface area contributed by atoms with Crippen LogP contribution in [0.4, 0.5) is 10.5 Å². The number of amides is 2. The highest BCUT2D eigenvalue weighted by Gasteiger charge is 2.09. The van der Waals surface area contributed by atoms with Gasteiger partial charge in [-0.15, -0.1) is 0 Å². The molecule has 2 aromatic carbocycles. The van der Waals surface area contributed by atoms with E-state index in [9.17, 15) is 4.79 Å². The summed E-state index contributed by atoms with van der Waals surface area (Å²) in [6.07, 6.45) is 0. The topological polar surface area (TPSA) is 50.4 Å². The van der Waals surface area contributed by atoms with E-state index in [1.54, 1.807) is 24.3 Å². The Kier molecular flexibility index (Phi) is 5.67. The fraction of sp³-hybridized carbons (Fsp3) is 0.235. The van der Waals surface area contributed by atoms with E-state index in [4.69, 9.17) is 16.3 Å². The van der Waals surface area contributed by atoms with Crippen LogP contribution in [0.2, 0.25) is 5.02 Å². The lowest BCUT2D eigenvalue weighted by Gasteiger charge is -2.16. The molecule has 0 heterocycles. The molecule has 0 bridgehead atoms. The zero-order chi connectivity index (χ0) is 15.9. The van der Waals surface area contributed by atoms with Gasteiger partial charge in [0.1, 0.15) is 12.4 Å². The number of halogens is 1. The Labute approximate surface area is 135 Å². The highest BCUT2D eigenvalue weighted by molar-refractivity contribution is 6.30. The number of rotatable bonds is 5. The van der Waals surface area contributed by atoms with E-state index in [0.29, 0.717) is 17.3 Å². The maximum absolute atomic E-state index is 11.9. The molecule has 2 amide bonds. The van der Waals surface area contributed by atoms with Gasteiger partial charge in [-0.1, -0.05) is 35.9 Å². The predicted molar refractivity (Wildman–Crippen MR) is 89.7 cm³/mol. The molecule has 0 saturated carbocycles. The number of anilines is 1. The minimum atomic E-state index is -0.289. The molecule has 0 aliphatic rings. The number of hydrogen-bond acceptors (Lipinski definition) is 2. The number of urea groups is 1. The second-order valence-corrected chi connectivity index (χ2v) is 5.52. The number of aryl methyl sites for hydroxylation is 1. The lowest BCUT2D eigenvalue weighted by molar-refractivity contribution is 0.236. The van der Waals surface area contributed by atoms with Gasteiger partial charge in [-0.05, 0) is 43.7 Å². The third-order valence-electron chi connectivity index (χ3n) is 3.04. The van der Waals surface area contributed by atoms with Crippen molar-refractivity contribution in [2.75, 3.05) is 11.9 Å². The molecule has 4 nitrogen and oxygen atoms in total. The van der Waals surface area contributed by atoms with Gasteiger partial charge in [0.05, 0.1) is 6.04 Å². The molecule has 0 saturated heterocycles. The molecular weight excluding hydrogens is 300 g/mol. The smallest absolute Gasteiger partial charge is 0.319 e. The molecule has 0 aliphatic carbocycles. The summed E-state index contributed by atoms with van der Waals surface area (Å²) in [7, 11) is 0. The summed E-state index contributed by atoms with van der Waals surface area (Å²) >= 11 is 5.87. The van der Waals surface area contributed by atoms with Crippen molar-refractivity contribution in [2.24, 2.45) is 0 Å². The summed E-state index contributed by atoms with van der Waals surface area (Å²) in [5.41, 5.74) is 1.72. The van der Waals surface area contributed by atoms with E-state index in [1.165, 1.54) is 0 Å². The highest BCUT2D eigenvalue weighted by atomic mass is 35.5. The molecular formula is C17H19ClN2O2. The number of benzene rings is 2. The van der Waals surface area contributed by atoms with Gasteiger partial charge >= 0.3 is 6.03 Å². The zero-order valence-electron chi connectivity index (χ0n) is 12.6. The quantitative estimate of drug-likeness (QED) is 0.866. The van der Waals surface area contributed by atoms with Gasteiger partial charge < -0.3 is 15.4 Å². The summed E-state index contributed by atoms with van der Waals surface area (Å²) in [5.74, 6) is 0.825. The van der Waals surface area contributed by atoms with Gasteiger partial charge in [0, 0.05) is 10.7 Å². The first-order chi connectivity index (χ1) is 10.5. The first-order valence-corrected chi connectivity index (χ1v) is 7.44. The Hall–Kier alpha value is -2.20. The number of hydrogen-bond donors (Lipinski definition) is 2. The first kappa shape index (κ1) is 16.2. The van der Waals surface area contributed by atoms with Crippen molar-refractivity contribution in [1.29, 1.82) is 0 Å². The second kappa shape index (κ2) is 7.71. The molecule has 0 aliphatic heterocycles. The van der Waals surface area contributed by atoms with Crippen LogP contribution < -0.4 is 15.4 Å². The number of ether oxygens (including phenoxy) is 1. The number of carbonyl (C=O) groups excluding carboxylic acids is 1. The second-order valence-electron chi connectivity index (χ2n) is 5.09. The summed E-state index contributed by atoms with van der Waals surface area (Å²) in [4.78, 5) is 11.9. The lowest BCUT2D eigenvalue weighted by atomic mass is 10.2. The summed E-state index contributed by atoms with van der Waals surface area (Å²) in [5, 5.41) is 6.13. The third-order valence-corrected chi connectivity index (χ3v) is 3.28. The number of nitrogens with one attached hydrogen (secondary N) is 2. The molecule has 0 fully saturated rings. The molecule has 0 spiro atoms. The Bertz CT molecular complexity index is 646. The van der Waals surface area contributed by atoms with Crippen LogP contribution in [0.5, 0.6) is 5.75 Å². The van der Waals surface area contributed by atoms with Crippen LogP contribution in [0, 0.1) is 6.92 Å². The van der Waals surface area contributed by atoms with Crippen LogP contribution in [-0.4, -0.2) is 18.7 Å². The van der Waals surface area contributed by atoms with E-state index >= 15 is 0 Å². The molecule has 0 radical (unpaired) electrons. The predicted octanol–water partition coefficient (Wildman–Crippen LogP) is 4.24. The van der Waals surface area contributed by atoms with Crippen LogP contribution in [0.15, 0.2) is 48.5 Å². The average Bonchev–Trinajstić information content (AvgIpc) is 2.46. The monoisotopic (exact) mass is 318 g/mol. The van der Waals surface area contributed by atoms with Crippen molar-refractivity contribution in [2.45, 2.75) is 19.9 Å². The van der Waals surface area contributed by atoms with Gasteiger partial charge in [0.15, 0.2) is 0 Å². The fourth-order valence-electron chi connectivity index (χ4n) is 1.93. The van der Waals surface area contributed by atoms with Crippen molar-refractivity contribution in [1.82, 2.24) is 5.32 Å². The molecule has 2 rings (SSSR count). The van der Waals surface area contributed by atoms with Crippen molar-refractivity contribution < 1.29 is 9.53 Å². The van der Waals surface area contributed by atoms with Crippen molar-refractivity contribution in [3.63, 3.8) is 0 Å². The minimum Gasteiger partial charge on any atom is -0.491 e. The van der Waals surface area contributed by atoms with Gasteiger partial charge in [0.25, 0.3) is 0 Å². The van der Waals surface area contributed by atoms with E-state index in [2.05, 4.69) is 10.6 Å². The molecule has 1 atom stereocenters. The Balaban J connectivity index is 1.80. The van der Waals surface area contributed by atoms with E-state index in [1.807, 2.05) is 38.1 Å². The van der Waals surface area contributed by atoms with Crippen LogP contribution in [-0.2, 0) is 0 Å². The van der Waals surface area contributed by atoms with Crippen LogP contribution >= 0.6 is 11.6 Å². The maximum atomic E-state index is 11.9. The lowest BCUT2D eigenvalue weighted by Crippen LogP contribution is -2.39. The Morgan fingerprint density at radius 1 is 1.23 bits per heavy atom. The molecule has 116 valence electrons. The maximum Gasteiger partial charge on any atom is 0.319 e. The van der Waals surface area contributed by atoms with Crippen LogP contribution in [0.25, 0.3) is 0 Å². The summed E-state index contributed by atoms with van der Waals surface area (Å²) in [6, 6.07) is 14.4. The van der Waals surface area contributed by atoms with Gasteiger partial charge in [-0.2, -0.15) is 0 Å². The van der Waals surface area contributed by atoms with Crippen molar-refractivity contribution in [3.05, 3.63) is 59.1 Å². The van der Waals surface area contributed by atoms with Gasteiger partial charge in [0.2, 0.25) is 0 Å². The first-order valence-electron chi connectivity index (χ1n) is 7.06. The largest absolute Gasteiger partial charge is 0.491 e. The van der Waals surface area contributed by atoms with Crippen LogP contribution in [0.3, 0.4) is 0 Å². The molecule has 0 aromatic heterocycles. The fourth-order valence-corrected chi connectivity index (χ4v) is 2.12. The highest BCUT2D eigenvalue weighted by Crippen LogP contribution is 2.16. The minimum absolute atomic E-state index is 0.126. The number of para-hydroxylation sites is 1. The number of carbonyl (C=O) groups is 1. The van der Waals surface area contributed by atoms with Crippen molar-refractivity contribution in [3.8, 4) is 5.75 Å². The van der Waals surface area contributed by atoms with Crippen molar-refractivity contribution >= 4 is 23.3 Å². The van der Waals surface area contributed by atoms with Gasteiger partial charge in [-0.25, -0.2) is 4.79 Å². The van der Waals surface area contributed by atoms with Crippen LogP contribution in [0.1, 0.15) is 12.5 Å². The molecule has 0 unspecified atom stereocenters. The molecule has 2 N–H and O–H groups in total. The van der Waals surface area contributed by atoms with E-state index < -0.39 is 0 Å². The standard InChI is InChI=1S/C17H19ClN2O2/c1-12-6-3-4-9-16(12)22-11-13(2)19-17(21)20-15-8-5-7-14(18)10-15/h3-10,13H,11H2,1-2H3,(H2,19,20,21)/t13-/m0/s1. The zero-order valence-corrected chi connectivity index (χ0v) is 13.4. The Morgan fingerprint density at radius 2 is 2.00 bits per heavy atom. The molecule has 2 aromatic rings. The normalized spacial score (nSPS) is 11.6. The van der Waals surface area contributed by atoms with E-state index in [0.717, 1.165) is 11.3 Å². The summed E-state index contributed by atoms with van der Waals surface area (Å²) in [6.45, 7) is 4.27.